The Morgan fingerprint density at radius 2 is 2.00 bits per heavy atom. The molecule has 1 heterocycles. The molecule has 2 N–H and O–H groups in total. The number of amides is 1. The molecule has 1 fully saturated rings. The smallest absolute Gasteiger partial charge is 0.305 e. The lowest BCUT2D eigenvalue weighted by atomic mass is 9.91. The molecule has 0 aliphatic heterocycles. The average molecular weight is 481 g/mol. The molecule has 0 bridgehead atoms. The van der Waals surface area contributed by atoms with Crippen LogP contribution in [-0.4, -0.2) is 33.7 Å². The summed E-state index contributed by atoms with van der Waals surface area (Å²) in [7, 11) is 0. The molecule has 1 aromatic rings. The van der Waals surface area contributed by atoms with Gasteiger partial charge in [0.25, 0.3) is 5.92 Å². The van der Waals surface area contributed by atoms with Gasteiger partial charge in [-0.05, 0) is 24.1 Å². The second-order valence-corrected chi connectivity index (χ2v) is 6.45. The molecule has 1 aromatic heterocycles. The third-order valence-corrected chi connectivity index (χ3v) is 3.85. The van der Waals surface area contributed by atoms with Gasteiger partial charge in [-0.1, -0.05) is 19.6 Å². The summed E-state index contributed by atoms with van der Waals surface area (Å²) in [6.07, 6.45) is 7.67. The Labute approximate surface area is 174 Å². The van der Waals surface area contributed by atoms with Crippen LogP contribution in [0.4, 0.5) is 28.2 Å². The van der Waals surface area contributed by atoms with Gasteiger partial charge in [0.1, 0.15) is 11.9 Å². The molecule has 6 nitrogen and oxygen atoms in total. The molecule has 29 heavy (non-hydrogen) atoms. The lowest BCUT2D eigenvalue weighted by Gasteiger charge is -2.35. The zero-order chi connectivity index (χ0) is 21.9. The summed E-state index contributed by atoms with van der Waals surface area (Å²) in [4.78, 5) is 18.8. The van der Waals surface area contributed by atoms with Gasteiger partial charge in [0.05, 0.1) is 18.1 Å². The molecule has 0 unspecified atom stereocenters. The van der Waals surface area contributed by atoms with Crippen molar-refractivity contribution in [3.63, 3.8) is 0 Å². The van der Waals surface area contributed by atoms with Gasteiger partial charge in [-0.2, -0.15) is 0 Å². The van der Waals surface area contributed by atoms with Crippen LogP contribution in [0.5, 0.6) is 0 Å². The molecule has 0 radical (unpaired) electrons. The number of carbonyl (C=O) groups excluding carboxylic acids is 1. The highest BCUT2D eigenvalue weighted by Gasteiger charge is 2.47. The summed E-state index contributed by atoms with van der Waals surface area (Å²) in [5.41, 5.74) is 6.45. The van der Waals surface area contributed by atoms with E-state index in [1.165, 1.54) is 12.3 Å². The maximum atomic E-state index is 12.9. The van der Waals surface area contributed by atoms with Gasteiger partial charge in [0.2, 0.25) is 6.93 Å². The molecular formula is C18H21BrF4N4O2. The minimum atomic E-state index is -2.62. The van der Waals surface area contributed by atoms with Gasteiger partial charge < -0.3 is 4.74 Å². The van der Waals surface area contributed by atoms with Crippen LogP contribution in [-0.2, 0) is 4.74 Å². The Morgan fingerprint density at radius 3 is 2.45 bits per heavy atom. The molecule has 11 heteroatoms. The molecule has 1 aliphatic carbocycles. The van der Waals surface area contributed by atoms with Crippen LogP contribution in [0, 0.1) is 0 Å². The van der Waals surface area contributed by atoms with Crippen LogP contribution in [0.3, 0.4) is 0 Å². The van der Waals surface area contributed by atoms with E-state index < -0.39 is 23.8 Å². The zero-order valence-electron chi connectivity index (χ0n) is 15.6. The normalized spacial score (nSPS) is 16.1. The number of halogens is 5. The monoisotopic (exact) mass is 480 g/mol. The zero-order valence-corrected chi connectivity index (χ0v) is 17.2. The van der Waals surface area contributed by atoms with E-state index in [9.17, 15) is 22.4 Å². The number of allylic oxidation sites excluding steroid dienone is 4. The molecule has 1 aliphatic rings. The van der Waals surface area contributed by atoms with Gasteiger partial charge in [-0.3, -0.25) is 20.6 Å². The molecule has 160 valence electrons. The number of nitrogens with one attached hydrogen (secondary N) is 2. The largest absolute Gasteiger partial charge is 0.490 e. The molecule has 0 atom stereocenters. The van der Waals surface area contributed by atoms with Gasteiger partial charge in [-0.15, -0.1) is 0 Å². The maximum absolute atomic E-state index is 12.9. The number of aromatic nitrogens is 2. The molecular weight excluding hydrogens is 460 g/mol. The Balaban J connectivity index is 0.00000132. The van der Waals surface area contributed by atoms with Crippen LogP contribution in [0.15, 0.2) is 43.0 Å². The van der Waals surface area contributed by atoms with Crippen molar-refractivity contribution >= 4 is 32.1 Å². The van der Waals surface area contributed by atoms with E-state index in [4.69, 9.17) is 4.74 Å². The van der Waals surface area contributed by atoms with E-state index in [1.54, 1.807) is 18.3 Å². The first kappa shape index (κ1) is 24.6. The van der Waals surface area contributed by atoms with Crippen LogP contribution in [0.2, 0.25) is 0 Å². The highest BCUT2D eigenvalue weighted by Crippen LogP contribution is 2.40. The number of hydrogen-bond donors (Lipinski definition) is 2. The maximum Gasteiger partial charge on any atom is 0.305 e. The molecule has 2 rings (SSSR count). The standard InChI is InChI=1S/C17H19BrF2N4O2.CH2F2/c1-3-11(14-9-22-15(10-21-14)23-24-16(18)25)5-6-12(4-2)26-13-7-17(19,20)8-13;2-1-3/h4-6,9-10,13H,2-3,7-8H2,1H3,(H,22,23)(H,24,25);1H2/b11-5+,12-6+;. The van der Waals surface area contributed by atoms with Crippen LogP contribution < -0.4 is 10.9 Å². The molecule has 1 amide bonds. The van der Waals surface area contributed by atoms with E-state index >= 15 is 0 Å². The van der Waals surface area contributed by atoms with Crippen LogP contribution in [0.1, 0.15) is 31.9 Å². The van der Waals surface area contributed by atoms with E-state index in [1.807, 2.05) is 6.92 Å². The van der Waals surface area contributed by atoms with Crippen molar-refractivity contribution in [3.05, 3.63) is 48.7 Å². The minimum Gasteiger partial charge on any atom is -0.490 e. The highest BCUT2D eigenvalue weighted by molar-refractivity contribution is 9.18. The minimum absolute atomic E-state index is 0.270. The van der Waals surface area contributed by atoms with Gasteiger partial charge in [0, 0.05) is 28.8 Å². The summed E-state index contributed by atoms with van der Waals surface area (Å²) in [5, 5.41) is 0. The van der Waals surface area contributed by atoms with Gasteiger partial charge in [-0.25, -0.2) is 22.5 Å². The van der Waals surface area contributed by atoms with E-state index in [2.05, 4.69) is 43.3 Å². The van der Waals surface area contributed by atoms with E-state index in [0.717, 1.165) is 5.57 Å². The summed E-state index contributed by atoms with van der Waals surface area (Å²) in [5.74, 6) is -1.81. The van der Waals surface area contributed by atoms with Gasteiger partial charge >= 0.3 is 4.82 Å². The number of carbonyl (C=O) groups is 1. The lowest BCUT2D eigenvalue weighted by Crippen LogP contribution is -2.41. The summed E-state index contributed by atoms with van der Waals surface area (Å²) < 4.78 is 50.5. The summed E-state index contributed by atoms with van der Waals surface area (Å²) in [6.45, 7) is 3.85. The number of hydrazine groups is 1. The van der Waals surface area contributed by atoms with Crippen LogP contribution in [0.25, 0.3) is 5.57 Å². The lowest BCUT2D eigenvalue weighted by molar-refractivity contribution is -0.149. The predicted octanol–water partition coefficient (Wildman–Crippen LogP) is 5.47. The topological polar surface area (TPSA) is 76.1 Å². The number of ether oxygens (including phenoxy) is 1. The third-order valence-electron chi connectivity index (χ3n) is 3.66. The number of anilines is 1. The van der Waals surface area contributed by atoms with Crippen molar-refractivity contribution in [1.29, 1.82) is 0 Å². The molecule has 0 aromatic carbocycles. The summed E-state index contributed by atoms with van der Waals surface area (Å²) in [6, 6.07) is 0. The number of rotatable bonds is 8. The van der Waals surface area contributed by atoms with Crippen molar-refractivity contribution in [2.24, 2.45) is 0 Å². The molecule has 1 saturated carbocycles. The SMILES string of the molecule is C=C/C(=C\C=C(/CC)c1cnc(NNC(=O)Br)cn1)OC1CC(F)(F)C1.FCF. The Bertz CT molecular complexity index is 734. The third kappa shape index (κ3) is 9.07. The fraction of sp³-hybridized carbons (Fsp3) is 0.389. The Hall–Kier alpha value is -2.43. The first-order valence-electron chi connectivity index (χ1n) is 8.48. The fourth-order valence-corrected chi connectivity index (χ4v) is 2.38. The first-order valence-corrected chi connectivity index (χ1v) is 9.27. The van der Waals surface area contributed by atoms with E-state index in [0.29, 0.717) is 23.7 Å². The van der Waals surface area contributed by atoms with Crippen molar-refractivity contribution in [2.75, 3.05) is 12.4 Å². The highest BCUT2D eigenvalue weighted by atomic mass is 79.9. The average Bonchev–Trinajstić information content (AvgIpc) is 2.65. The second kappa shape index (κ2) is 12.2. The van der Waals surface area contributed by atoms with Crippen molar-refractivity contribution in [3.8, 4) is 0 Å². The number of alkyl halides is 4. The number of hydrogen-bond acceptors (Lipinski definition) is 5. The fourth-order valence-electron chi connectivity index (χ4n) is 2.28. The van der Waals surface area contributed by atoms with Crippen molar-refractivity contribution < 1.29 is 27.1 Å². The van der Waals surface area contributed by atoms with Crippen molar-refractivity contribution in [2.45, 2.75) is 38.2 Å². The van der Waals surface area contributed by atoms with Crippen LogP contribution >= 0.6 is 15.9 Å². The second-order valence-electron chi connectivity index (χ2n) is 5.73. The first-order chi connectivity index (χ1) is 13.7. The Kier molecular flexibility index (Phi) is 10.4. The van der Waals surface area contributed by atoms with E-state index in [-0.39, 0.29) is 12.8 Å². The predicted molar refractivity (Wildman–Crippen MR) is 106 cm³/mol. The summed E-state index contributed by atoms with van der Waals surface area (Å²) >= 11 is 2.72. The number of nitrogens with zero attached hydrogens (tertiary/aromatic N) is 2. The molecule has 0 saturated heterocycles. The molecule has 0 spiro atoms. The quantitative estimate of drug-likeness (QED) is 0.129. The Morgan fingerprint density at radius 1 is 1.34 bits per heavy atom. The van der Waals surface area contributed by atoms with Crippen molar-refractivity contribution in [1.82, 2.24) is 15.4 Å². The van der Waals surface area contributed by atoms with Gasteiger partial charge in [0.15, 0.2) is 5.82 Å².